The summed E-state index contributed by atoms with van der Waals surface area (Å²) in [5.41, 5.74) is 7.68. The molecule has 0 bridgehead atoms. The molecule has 3 aromatic rings. The lowest BCUT2D eigenvalue weighted by molar-refractivity contribution is -0.120. The van der Waals surface area contributed by atoms with E-state index in [0.717, 1.165) is 16.9 Å². The summed E-state index contributed by atoms with van der Waals surface area (Å²) in [4.78, 5) is 28.1. The van der Waals surface area contributed by atoms with E-state index >= 15 is 0 Å². The number of fused-ring (bicyclic) bond motifs is 1. The van der Waals surface area contributed by atoms with Gasteiger partial charge in [0.25, 0.3) is 5.91 Å². The molecule has 8 heteroatoms. The fourth-order valence-corrected chi connectivity index (χ4v) is 3.44. The predicted molar refractivity (Wildman–Crippen MR) is 106 cm³/mol. The van der Waals surface area contributed by atoms with Gasteiger partial charge in [-0.15, -0.1) is 0 Å². The number of nitrogens with two attached hydrogens (primary N) is 1. The molecule has 2 amide bonds. The van der Waals surface area contributed by atoms with Crippen LogP contribution in [0.3, 0.4) is 0 Å². The van der Waals surface area contributed by atoms with Gasteiger partial charge in [0.2, 0.25) is 5.91 Å². The van der Waals surface area contributed by atoms with Gasteiger partial charge in [0.15, 0.2) is 18.1 Å². The average molecular weight is 392 g/mol. The van der Waals surface area contributed by atoms with Crippen LogP contribution in [0.4, 0.5) is 5.82 Å². The molecular formula is C21H20N4O4. The van der Waals surface area contributed by atoms with Crippen molar-refractivity contribution in [2.24, 2.45) is 5.73 Å². The fourth-order valence-electron chi connectivity index (χ4n) is 3.44. The Labute approximate surface area is 167 Å². The third-order valence-corrected chi connectivity index (χ3v) is 4.77. The lowest BCUT2D eigenvalue weighted by Crippen LogP contribution is -2.25. The third kappa shape index (κ3) is 3.64. The minimum atomic E-state index is -0.585. The first-order chi connectivity index (χ1) is 14.1. The van der Waals surface area contributed by atoms with Gasteiger partial charge in [-0.3, -0.25) is 14.2 Å². The monoisotopic (exact) mass is 392 g/mol. The summed E-state index contributed by atoms with van der Waals surface area (Å²) < 4.78 is 12.6. The minimum Gasteiger partial charge on any atom is -0.493 e. The zero-order valence-electron chi connectivity index (χ0n) is 15.8. The Morgan fingerprint density at radius 1 is 1.24 bits per heavy atom. The maximum atomic E-state index is 12.4. The highest BCUT2D eigenvalue weighted by Gasteiger charge is 2.31. The van der Waals surface area contributed by atoms with Gasteiger partial charge in [-0.05, 0) is 29.8 Å². The van der Waals surface area contributed by atoms with Gasteiger partial charge in [0.1, 0.15) is 12.1 Å². The van der Waals surface area contributed by atoms with Crippen LogP contribution in [-0.4, -0.2) is 35.1 Å². The zero-order valence-corrected chi connectivity index (χ0v) is 15.8. The lowest BCUT2D eigenvalue weighted by atomic mass is 9.89. The number of carbonyl (C=O) groups excluding carboxylic acids is 2. The van der Waals surface area contributed by atoms with Gasteiger partial charge >= 0.3 is 0 Å². The second-order valence-electron chi connectivity index (χ2n) is 6.65. The van der Waals surface area contributed by atoms with Crippen LogP contribution in [0.15, 0.2) is 54.9 Å². The van der Waals surface area contributed by atoms with Crippen molar-refractivity contribution in [1.82, 2.24) is 9.55 Å². The molecule has 29 heavy (non-hydrogen) atoms. The van der Waals surface area contributed by atoms with E-state index in [9.17, 15) is 9.59 Å². The molecular weight excluding hydrogens is 372 g/mol. The fraction of sp³-hybridized carbons (Fsp3) is 0.190. The van der Waals surface area contributed by atoms with E-state index in [2.05, 4.69) is 10.3 Å². The second kappa shape index (κ2) is 7.67. The number of rotatable bonds is 6. The highest BCUT2D eigenvalue weighted by Crippen LogP contribution is 2.40. The number of nitrogens with zero attached hydrogens (tertiary/aromatic N) is 2. The van der Waals surface area contributed by atoms with Gasteiger partial charge < -0.3 is 20.5 Å². The molecule has 0 fully saturated rings. The quantitative estimate of drug-likeness (QED) is 0.669. The summed E-state index contributed by atoms with van der Waals surface area (Å²) in [5.74, 6) is 0.566. The number of para-hydroxylation sites is 1. The number of amides is 2. The molecule has 0 radical (unpaired) electrons. The Kier molecular flexibility index (Phi) is 4.90. The van der Waals surface area contributed by atoms with Crippen molar-refractivity contribution >= 4 is 17.6 Å². The molecule has 1 unspecified atom stereocenters. The molecule has 8 nitrogen and oxygen atoms in total. The van der Waals surface area contributed by atoms with Crippen LogP contribution < -0.4 is 20.5 Å². The van der Waals surface area contributed by atoms with Gasteiger partial charge in [-0.1, -0.05) is 24.3 Å². The molecule has 3 N–H and O–H groups in total. The molecule has 1 aromatic heterocycles. The number of hydrogen-bond acceptors (Lipinski definition) is 5. The van der Waals surface area contributed by atoms with Crippen molar-refractivity contribution in [2.45, 2.75) is 12.3 Å². The lowest BCUT2D eigenvalue weighted by Gasteiger charge is -2.24. The highest BCUT2D eigenvalue weighted by atomic mass is 16.5. The standard InChI is InChI=1S/C21H20N4O4/c1-28-16-8-7-13(9-17(16)29-11-18(22)26)15-10-19(27)24-21-20(15)23-12-25(21)14-5-3-2-4-6-14/h2-9,12,15H,10-11H2,1H3,(H2,22,26)(H,24,27). The van der Waals surface area contributed by atoms with Gasteiger partial charge in [-0.2, -0.15) is 0 Å². The summed E-state index contributed by atoms with van der Waals surface area (Å²) in [6.07, 6.45) is 1.95. The van der Waals surface area contributed by atoms with Crippen LogP contribution >= 0.6 is 0 Å². The highest BCUT2D eigenvalue weighted by molar-refractivity contribution is 5.94. The minimum absolute atomic E-state index is 0.101. The smallest absolute Gasteiger partial charge is 0.255 e. The van der Waals surface area contributed by atoms with Crippen LogP contribution in [0.25, 0.3) is 5.69 Å². The average Bonchev–Trinajstić information content (AvgIpc) is 3.15. The molecule has 4 rings (SSSR count). The maximum absolute atomic E-state index is 12.4. The Morgan fingerprint density at radius 3 is 2.76 bits per heavy atom. The molecule has 2 aromatic carbocycles. The first-order valence-corrected chi connectivity index (χ1v) is 9.08. The Bertz CT molecular complexity index is 1060. The first-order valence-electron chi connectivity index (χ1n) is 9.08. The third-order valence-electron chi connectivity index (χ3n) is 4.77. The maximum Gasteiger partial charge on any atom is 0.255 e. The molecule has 0 aliphatic carbocycles. The van der Waals surface area contributed by atoms with Crippen LogP contribution in [0.5, 0.6) is 11.5 Å². The number of carbonyl (C=O) groups is 2. The van der Waals surface area contributed by atoms with Crippen molar-refractivity contribution < 1.29 is 19.1 Å². The van der Waals surface area contributed by atoms with Crippen LogP contribution in [0.1, 0.15) is 23.6 Å². The molecule has 0 saturated heterocycles. The SMILES string of the molecule is COc1ccc(C2CC(=O)Nc3c2ncn3-c2ccccc2)cc1OCC(N)=O. The molecule has 1 aliphatic rings. The largest absolute Gasteiger partial charge is 0.493 e. The number of aromatic nitrogens is 2. The normalized spacial score (nSPS) is 15.3. The van der Waals surface area contributed by atoms with Crippen LogP contribution in [0, 0.1) is 0 Å². The van der Waals surface area contributed by atoms with E-state index in [1.54, 1.807) is 18.5 Å². The van der Waals surface area contributed by atoms with E-state index in [1.165, 1.54) is 7.11 Å². The number of benzene rings is 2. The molecule has 0 spiro atoms. The van der Waals surface area contributed by atoms with Crippen molar-refractivity contribution in [2.75, 3.05) is 19.0 Å². The number of primary amides is 1. The van der Waals surface area contributed by atoms with E-state index in [1.807, 2.05) is 41.0 Å². The Morgan fingerprint density at radius 2 is 2.03 bits per heavy atom. The summed E-state index contributed by atoms with van der Waals surface area (Å²) in [5, 5.41) is 2.93. The second-order valence-corrected chi connectivity index (χ2v) is 6.65. The number of anilines is 1. The van der Waals surface area contributed by atoms with Gasteiger partial charge in [0.05, 0.1) is 12.8 Å². The van der Waals surface area contributed by atoms with E-state index < -0.39 is 5.91 Å². The van der Waals surface area contributed by atoms with E-state index in [-0.39, 0.29) is 24.9 Å². The summed E-state index contributed by atoms with van der Waals surface area (Å²) >= 11 is 0. The number of imidazole rings is 1. The summed E-state index contributed by atoms with van der Waals surface area (Å²) in [6.45, 7) is -0.265. The van der Waals surface area contributed by atoms with E-state index in [0.29, 0.717) is 17.3 Å². The first kappa shape index (κ1) is 18.5. The van der Waals surface area contributed by atoms with Gasteiger partial charge in [-0.25, -0.2) is 4.98 Å². The summed E-state index contributed by atoms with van der Waals surface area (Å²) in [7, 11) is 1.51. The Hall–Kier alpha value is -3.81. The molecule has 1 atom stereocenters. The van der Waals surface area contributed by atoms with Crippen LogP contribution in [0.2, 0.25) is 0 Å². The molecule has 1 aliphatic heterocycles. The zero-order chi connectivity index (χ0) is 20.4. The van der Waals surface area contributed by atoms with Crippen molar-refractivity contribution in [3.8, 4) is 17.2 Å². The predicted octanol–water partition coefficient (Wildman–Crippen LogP) is 2.22. The van der Waals surface area contributed by atoms with Crippen molar-refractivity contribution in [1.29, 1.82) is 0 Å². The number of methoxy groups -OCH3 is 1. The number of ether oxygens (including phenoxy) is 2. The summed E-state index contributed by atoms with van der Waals surface area (Å²) in [6, 6.07) is 15.0. The molecule has 0 saturated carbocycles. The topological polar surface area (TPSA) is 108 Å². The Balaban J connectivity index is 1.74. The molecule has 148 valence electrons. The molecule has 2 heterocycles. The van der Waals surface area contributed by atoms with Crippen molar-refractivity contribution in [3.05, 3.63) is 66.1 Å². The van der Waals surface area contributed by atoms with E-state index in [4.69, 9.17) is 15.2 Å². The van der Waals surface area contributed by atoms with Crippen LogP contribution in [-0.2, 0) is 9.59 Å². The van der Waals surface area contributed by atoms with Gasteiger partial charge in [0, 0.05) is 18.0 Å². The van der Waals surface area contributed by atoms with Crippen molar-refractivity contribution in [3.63, 3.8) is 0 Å². The number of nitrogens with one attached hydrogen (secondary N) is 1. The number of hydrogen-bond donors (Lipinski definition) is 2.